The minimum atomic E-state index is -4.91. The number of ether oxygens (including phenoxy) is 1. The maximum absolute atomic E-state index is 14.1. The smallest absolute Gasteiger partial charge is 0.406 e. The first-order valence-electron chi connectivity index (χ1n) is 9.00. The van der Waals surface area contributed by atoms with Crippen molar-refractivity contribution in [3.63, 3.8) is 0 Å². The van der Waals surface area contributed by atoms with Crippen LogP contribution >= 0.6 is 0 Å². The van der Waals surface area contributed by atoms with Crippen molar-refractivity contribution in [3.05, 3.63) is 65.7 Å². The summed E-state index contributed by atoms with van der Waals surface area (Å²) in [5, 5.41) is 19.7. The van der Waals surface area contributed by atoms with Crippen LogP contribution in [0.15, 0.2) is 48.7 Å². The molecule has 0 radical (unpaired) electrons. The highest BCUT2D eigenvalue weighted by molar-refractivity contribution is 7.89. The van der Waals surface area contributed by atoms with E-state index in [4.69, 9.17) is 5.14 Å². The molecule has 0 saturated carbocycles. The van der Waals surface area contributed by atoms with Gasteiger partial charge in [0.2, 0.25) is 10.0 Å². The van der Waals surface area contributed by atoms with Crippen LogP contribution in [0.3, 0.4) is 0 Å². The second-order valence-corrected chi connectivity index (χ2v) is 8.80. The molecule has 0 aliphatic carbocycles. The molecule has 0 amide bonds. The molecule has 0 aliphatic heterocycles. The molecule has 1 aromatic carbocycles. The van der Waals surface area contributed by atoms with Gasteiger partial charge in [-0.15, -0.1) is 13.2 Å². The molecule has 2 aromatic heterocycles. The van der Waals surface area contributed by atoms with E-state index in [1.54, 1.807) is 6.07 Å². The zero-order valence-corrected chi connectivity index (χ0v) is 17.4. The third kappa shape index (κ3) is 6.24. The number of sulfonamides is 1. The lowest BCUT2D eigenvalue weighted by Crippen LogP contribution is -2.35. The van der Waals surface area contributed by atoms with E-state index < -0.39 is 39.3 Å². The number of nitrogens with two attached hydrogens (primary N) is 1. The number of rotatable bonds is 7. The van der Waals surface area contributed by atoms with Gasteiger partial charge in [-0.25, -0.2) is 22.9 Å². The van der Waals surface area contributed by atoms with Gasteiger partial charge in [-0.1, -0.05) is 6.07 Å². The molecule has 2 heterocycles. The number of aliphatic hydroxyl groups is 1. The molecule has 0 fully saturated rings. The Bertz CT molecular complexity index is 1230. The van der Waals surface area contributed by atoms with Gasteiger partial charge in [0, 0.05) is 11.8 Å². The van der Waals surface area contributed by atoms with Crippen LogP contribution in [0.25, 0.3) is 11.4 Å². The summed E-state index contributed by atoms with van der Waals surface area (Å²) in [7, 11) is -3.98. The van der Waals surface area contributed by atoms with Crippen molar-refractivity contribution in [1.29, 1.82) is 0 Å². The average Bonchev–Trinajstić information content (AvgIpc) is 3.10. The highest BCUT2D eigenvalue weighted by atomic mass is 32.2. The fraction of sp³-hybridized carbons (Fsp3) is 0.263. The summed E-state index contributed by atoms with van der Waals surface area (Å²) >= 11 is 0. The molecule has 0 unspecified atom stereocenters. The Morgan fingerprint density at radius 3 is 2.53 bits per heavy atom. The van der Waals surface area contributed by atoms with Crippen LogP contribution in [0.4, 0.5) is 17.6 Å². The second-order valence-electron chi connectivity index (χ2n) is 7.19. The lowest BCUT2D eigenvalue weighted by Gasteiger charge is -2.21. The summed E-state index contributed by atoms with van der Waals surface area (Å²) in [6.45, 7) is 1.06. The van der Waals surface area contributed by atoms with Crippen LogP contribution < -0.4 is 9.88 Å². The molecule has 0 spiro atoms. The maximum atomic E-state index is 14.1. The normalized spacial score (nSPS) is 14.2. The molecule has 3 N–H and O–H groups in total. The number of hydrogen-bond donors (Lipinski definition) is 2. The number of benzene rings is 1. The topological polar surface area (TPSA) is 120 Å². The highest BCUT2D eigenvalue weighted by Gasteiger charge is 2.32. The van der Waals surface area contributed by atoms with Crippen molar-refractivity contribution < 1.29 is 35.8 Å². The SMILES string of the molecule is C[C@](O)(CS(N)(=O)=O)c1cccc(-c2ccn(Cc3cc(OC(F)(F)F)ccc3F)n2)n1. The number of alkyl halides is 3. The Labute approximate surface area is 180 Å². The monoisotopic (exact) mass is 474 g/mol. The predicted octanol–water partition coefficient (Wildman–Crippen LogP) is 2.53. The molecule has 0 bridgehead atoms. The molecule has 1 atom stereocenters. The molecular weight excluding hydrogens is 456 g/mol. The average molecular weight is 474 g/mol. The summed E-state index contributed by atoms with van der Waals surface area (Å²) in [4.78, 5) is 4.23. The molecule has 0 saturated heterocycles. The molecule has 172 valence electrons. The van der Waals surface area contributed by atoms with E-state index in [9.17, 15) is 31.1 Å². The van der Waals surface area contributed by atoms with Crippen molar-refractivity contribution >= 4 is 10.0 Å². The molecule has 3 aromatic rings. The van der Waals surface area contributed by atoms with Gasteiger partial charge in [-0.3, -0.25) is 4.68 Å². The number of pyridine rings is 1. The van der Waals surface area contributed by atoms with Gasteiger partial charge in [0.1, 0.15) is 22.9 Å². The minimum absolute atomic E-state index is 0.0432. The number of nitrogens with zero attached hydrogens (tertiary/aromatic N) is 3. The first-order chi connectivity index (χ1) is 14.7. The minimum Gasteiger partial charge on any atom is -0.406 e. The van der Waals surface area contributed by atoms with Gasteiger partial charge < -0.3 is 9.84 Å². The van der Waals surface area contributed by atoms with E-state index in [-0.39, 0.29) is 23.5 Å². The Kier molecular flexibility index (Phi) is 6.26. The van der Waals surface area contributed by atoms with E-state index in [0.717, 1.165) is 18.2 Å². The Hall–Kier alpha value is -3.03. The fourth-order valence-electron chi connectivity index (χ4n) is 2.97. The number of aromatic nitrogens is 3. The number of primary sulfonamides is 1. The van der Waals surface area contributed by atoms with Crippen LogP contribution in [-0.2, 0) is 22.2 Å². The number of hydrogen-bond acceptors (Lipinski definition) is 6. The Morgan fingerprint density at radius 2 is 1.88 bits per heavy atom. The van der Waals surface area contributed by atoms with Crippen LogP contribution in [0, 0.1) is 5.82 Å². The maximum Gasteiger partial charge on any atom is 0.573 e. The summed E-state index contributed by atoms with van der Waals surface area (Å²) in [5.74, 6) is -2.05. The van der Waals surface area contributed by atoms with Gasteiger partial charge in [-0.05, 0) is 43.3 Å². The summed E-state index contributed by atoms with van der Waals surface area (Å²) in [6.07, 6.45) is -3.45. The van der Waals surface area contributed by atoms with Crippen LogP contribution in [0.5, 0.6) is 5.75 Å². The summed E-state index contributed by atoms with van der Waals surface area (Å²) in [6, 6.07) is 8.69. The standard InChI is InChI=1S/C19H18F4N4O4S/c1-18(28,11-32(24,29)30)17-4-2-3-15(25-17)16-7-8-27(26-16)10-12-9-13(5-6-14(12)20)31-19(21,22)23/h2-9,28H,10-11H2,1H3,(H2,24,29,30)/t18-/m0/s1. The van der Waals surface area contributed by atoms with Gasteiger partial charge in [-0.2, -0.15) is 5.10 Å². The third-order valence-electron chi connectivity index (χ3n) is 4.27. The predicted molar refractivity (Wildman–Crippen MR) is 105 cm³/mol. The molecule has 8 nitrogen and oxygen atoms in total. The molecule has 0 aliphatic rings. The molecule has 32 heavy (non-hydrogen) atoms. The van der Waals surface area contributed by atoms with Crippen LogP contribution in [-0.4, -0.2) is 40.4 Å². The van der Waals surface area contributed by atoms with Crippen LogP contribution in [0.1, 0.15) is 18.2 Å². The van der Waals surface area contributed by atoms with Crippen molar-refractivity contribution in [2.75, 3.05) is 5.75 Å². The number of halogens is 4. The Morgan fingerprint density at radius 1 is 1.16 bits per heavy atom. The van der Waals surface area contributed by atoms with Crippen molar-refractivity contribution in [2.45, 2.75) is 25.4 Å². The van der Waals surface area contributed by atoms with E-state index in [1.807, 2.05) is 0 Å². The lowest BCUT2D eigenvalue weighted by molar-refractivity contribution is -0.274. The molecule has 13 heteroatoms. The third-order valence-corrected chi connectivity index (χ3v) is 5.23. The van der Waals surface area contributed by atoms with E-state index in [0.29, 0.717) is 5.69 Å². The largest absolute Gasteiger partial charge is 0.573 e. The first kappa shape index (κ1) is 23.6. The van der Waals surface area contributed by atoms with E-state index in [1.165, 1.54) is 36.0 Å². The zero-order chi connectivity index (χ0) is 23.7. The fourth-order valence-corrected chi connectivity index (χ4v) is 3.90. The first-order valence-corrected chi connectivity index (χ1v) is 10.7. The Balaban J connectivity index is 1.84. The van der Waals surface area contributed by atoms with Gasteiger partial charge in [0.25, 0.3) is 0 Å². The second kappa shape index (κ2) is 8.48. The van der Waals surface area contributed by atoms with Gasteiger partial charge in [0.05, 0.1) is 23.7 Å². The highest BCUT2D eigenvalue weighted by Crippen LogP contribution is 2.26. The summed E-state index contributed by atoms with van der Waals surface area (Å²) in [5.41, 5.74) is -1.30. The van der Waals surface area contributed by atoms with E-state index >= 15 is 0 Å². The van der Waals surface area contributed by atoms with Crippen molar-refractivity contribution in [1.82, 2.24) is 14.8 Å². The molecule has 3 rings (SSSR count). The lowest BCUT2D eigenvalue weighted by atomic mass is 10.0. The summed E-state index contributed by atoms with van der Waals surface area (Å²) < 4.78 is 79.1. The van der Waals surface area contributed by atoms with Crippen molar-refractivity contribution in [2.24, 2.45) is 5.14 Å². The van der Waals surface area contributed by atoms with Crippen LogP contribution in [0.2, 0.25) is 0 Å². The van der Waals surface area contributed by atoms with Crippen molar-refractivity contribution in [3.8, 4) is 17.1 Å². The van der Waals surface area contributed by atoms with Gasteiger partial charge in [0.15, 0.2) is 0 Å². The van der Waals surface area contributed by atoms with Gasteiger partial charge >= 0.3 is 6.36 Å². The quantitative estimate of drug-likeness (QED) is 0.508. The zero-order valence-electron chi connectivity index (χ0n) is 16.5. The van der Waals surface area contributed by atoms with E-state index in [2.05, 4.69) is 14.8 Å². The molecular formula is C19H18F4N4O4S.